The molecule has 18 heavy (non-hydrogen) atoms. The van der Waals surface area contributed by atoms with Gasteiger partial charge in [0.1, 0.15) is 11.4 Å². The molecule has 0 aliphatic carbocycles. The number of carbonyl (C=O) groups is 1. The molecule has 2 atom stereocenters. The molecule has 1 saturated heterocycles. The third-order valence-corrected chi connectivity index (χ3v) is 3.74. The highest BCUT2D eigenvalue weighted by atomic mass is 16.5. The first kappa shape index (κ1) is 12.9. The zero-order valence-corrected chi connectivity index (χ0v) is 10.7. The average Bonchev–Trinajstić information content (AvgIpc) is 2.55. The average molecular weight is 249 g/mol. The van der Waals surface area contributed by atoms with Crippen LogP contribution < -0.4 is 5.73 Å². The molecule has 2 amide bonds. The summed E-state index contributed by atoms with van der Waals surface area (Å²) in [5.74, 6) is 2.91. The first-order valence-electron chi connectivity index (χ1n) is 6.35. The van der Waals surface area contributed by atoms with E-state index in [1.54, 1.807) is 4.90 Å². The summed E-state index contributed by atoms with van der Waals surface area (Å²) in [5.41, 5.74) is 5.46. The van der Waals surface area contributed by atoms with Gasteiger partial charge in [-0.2, -0.15) is 4.99 Å². The van der Waals surface area contributed by atoms with Crippen molar-refractivity contribution in [3.05, 3.63) is 0 Å². The lowest BCUT2D eigenvalue weighted by molar-refractivity contribution is -0.0348. The van der Waals surface area contributed by atoms with Crippen LogP contribution in [0, 0.1) is 12.3 Å². The van der Waals surface area contributed by atoms with Crippen molar-refractivity contribution < 1.29 is 9.53 Å². The van der Waals surface area contributed by atoms with Gasteiger partial charge in [-0.1, -0.05) is 19.3 Å². The van der Waals surface area contributed by atoms with Gasteiger partial charge in [-0.3, -0.25) is 4.90 Å². The fraction of sp³-hybridized carbons (Fsp3) is 0.692. The van der Waals surface area contributed by atoms with Crippen LogP contribution in [0.15, 0.2) is 4.99 Å². The van der Waals surface area contributed by atoms with Gasteiger partial charge in [-0.25, -0.2) is 4.79 Å². The number of amides is 2. The molecule has 0 radical (unpaired) electrons. The molecule has 0 aromatic carbocycles. The van der Waals surface area contributed by atoms with Gasteiger partial charge in [-0.05, 0) is 6.42 Å². The molecule has 2 aliphatic rings. The number of rotatable bonds is 3. The second-order valence-electron chi connectivity index (χ2n) is 4.84. The number of hydrogen-bond donors (Lipinski definition) is 1. The Morgan fingerprint density at radius 3 is 3.17 bits per heavy atom. The molecule has 5 heteroatoms. The lowest BCUT2D eigenvalue weighted by atomic mass is 9.83. The third-order valence-electron chi connectivity index (χ3n) is 3.74. The SMILES string of the molecule is C#CCN1C(=O)N=C(N)C12CCOC(CCC)C2. The Labute approximate surface area is 107 Å². The van der Waals surface area contributed by atoms with E-state index < -0.39 is 5.54 Å². The molecule has 2 unspecified atom stereocenters. The Morgan fingerprint density at radius 2 is 2.50 bits per heavy atom. The highest BCUT2D eigenvalue weighted by molar-refractivity contribution is 6.06. The van der Waals surface area contributed by atoms with Crippen molar-refractivity contribution in [1.82, 2.24) is 4.90 Å². The molecule has 2 rings (SSSR count). The van der Waals surface area contributed by atoms with E-state index in [1.165, 1.54) is 0 Å². The summed E-state index contributed by atoms with van der Waals surface area (Å²) in [6.45, 7) is 2.96. The van der Waals surface area contributed by atoms with Crippen LogP contribution in [0.5, 0.6) is 0 Å². The number of hydrogen-bond acceptors (Lipinski definition) is 3. The summed E-state index contributed by atoms with van der Waals surface area (Å²) in [4.78, 5) is 17.3. The molecular weight excluding hydrogens is 230 g/mol. The van der Waals surface area contributed by atoms with Crippen LogP contribution in [-0.2, 0) is 4.74 Å². The Hall–Kier alpha value is -1.54. The number of terminal acetylenes is 1. The predicted molar refractivity (Wildman–Crippen MR) is 69.2 cm³/mol. The minimum absolute atomic E-state index is 0.128. The molecule has 1 fully saturated rings. The summed E-state index contributed by atoms with van der Waals surface area (Å²) < 4.78 is 5.71. The number of nitrogens with two attached hydrogens (primary N) is 1. The van der Waals surface area contributed by atoms with Crippen LogP contribution in [0.25, 0.3) is 0 Å². The van der Waals surface area contributed by atoms with Gasteiger partial charge in [0, 0.05) is 19.4 Å². The molecule has 98 valence electrons. The van der Waals surface area contributed by atoms with Gasteiger partial charge in [0.25, 0.3) is 0 Å². The van der Waals surface area contributed by atoms with Crippen LogP contribution in [0.3, 0.4) is 0 Å². The standard InChI is InChI=1S/C13H19N3O2/c1-3-5-10-9-13(6-8-18-10)11(14)15-12(17)16(13)7-4-2/h2,10H,3,5-9H2,1H3,(H2,14,15,17). The molecule has 0 aromatic rings. The van der Waals surface area contributed by atoms with E-state index in [4.69, 9.17) is 16.9 Å². The van der Waals surface area contributed by atoms with Crippen LogP contribution in [0.4, 0.5) is 4.79 Å². The second-order valence-corrected chi connectivity index (χ2v) is 4.84. The van der Waals surface area contributed by atoms with Crippen molar-refractivity contribution in [1.29, 1.82) is 0 Å². The van der Waals surface area contributed by atoms with Gasteiger partial charge in [0.2, 0.25) is 0 Å². The molecule has 2 aliphatic heterocycles. The number of ether oxygens (including phenoxy) is 1. The van der Waals surface area contributed by atoms with Crippen molar-refractivity contribution in [2.45, 2.75) is 44.2 Å². The maximum atomic E-state index is 11.8. The van der Waals surface area contributed by atoms with Gasteiger partial charge >= 0.3 is 6.03 Å². The van der Waals surface area contributed by atoms with Crippen molar-refractivity contribution in [3.63, 3.8) is 0 Å². The zero-order valence-electron chi connectivity index (χ0n) is 10.7. The largest absolute Gasteiger partial charge is 0.385 e. The molecular formula is C13H19N3O2. The summed E-state index contributed by atoms with van der Waals surface area (Å²) in [5, 5.41) is 0. The molecule has 0 bridgehead atoms. The summed E-state index contributed by atoms with van der Waals surface area (Å²) in [6, 6.07) is -0.317. The fourth-order valence-corrected chi connectivity index (χ4v) is 2.82. The van der Waals surface area contributed by atoms with E-state index in [0.29, 0.717) is 25.3 Å². The Bertz CT molecular complexity index is 411. The quantitative estimate of drug-likeness (QED) is 0.762. The lowest BCUT2D eigenvalue weighted by Crippen LogP contribution is -2.58. The van der Waals surface area contributed by atoms with Crippen molar-refractivity contribution in [2.24, 2.45) is 10.7 Å². The summed E-state index contributed by atoms with van der Waals surface area (Å²) in [7, 11) is 0. The van der Waals surface area contributed by atoms with Crippen molar-refractivity contribution in [3.8, 4) is 12.3 Å². The normalized spacial score (nSPS) is 31.6. The minimum atomic E-state index is -0.512. The number of amidine groups is 1. The Kier molecular flexibility index (Phi) is 3.58. The topological polar surface area (TPSA) is 67.9 Å². The van der Waals surface area contributed by atoms with E-state index in [1.807, 2.05) is 0 Å². The summed E-state index contributed by atoms with van der Waals surface area (Å²) in [6.07, 6.45) is 8.84. The predicted octanol–water partition coefficient (Wildman–Crippen LogP) is 1.13. The van der Waals surface area contributed by atoms with Gasteiger partial charge in [-0.15, -0.1) is 6.42 Å². The monoisotopic (exact) mass is 249 g/mol. The first-order valence-corrected chi connectivity index (χ1v) is 6.35. The molecule has 1 spiro atoms. The van der Waals surface area contributed by atoms with E-state index in [9.17, 15) is 4.79 Å². The molecule has 0 aromatic heterocycles. The maximum Gasteiger partial charge on any atom is 0.346 e. The molecule has 2 N–H and O–H groups in total. The zero-order chi connectivity index (χ0) is 13.2. The number of carbonyl (C=O) groups excluding carboxylic acids is 1. The van der Waals surface area contributed by atoms with E-state index in [0.717, 1.165) is 12.8 Å². The number of nitrogens with zero attached hydrogens (tertiary/aromatic N) is 2. The second kappa shape index (κ2) is 4.99. The lowest BCUT2D eigenvalue weighted by Gasteiger charge is -2.43. The minimum Gasteiger partial charge on any atom is -0.385 e. The highest BCUT2D eigenvalue weighted by Gasteiger charge is 2.50. The fourth-order valence-electron chi connectivity index (χ4n) is 2.82. The smallest absolute Gasteiger partial charge is 0.346 e. The van der Waals surface area contributed by atoms with E-state index in [-0.39, 0.29) is 18.7 Å². The molecule has 5 nitrogen and oxygen atoms in total. The Balaban J connectivity index is 2.24. The maximum absolute atomic E-state index is 11.8. The van der Waals surface area contributed by atoms with Gasteiger partial charge in [0.05, 0.1) is 12.6 Å². The number of aliphatic imine (C=N–C) groups is 1. The first-order chi connectivity index (χ1) is 8.64. The van der Waals surface area contributed by atoms with Crippen molar-refractivity contribution >= 4 is 11.9 Å². The van der Waals surface area contributed by atoms with E-state index in [2.05, 4.69) is 17.8 Å². The van der Waals surface area contributed by atoms with Crippen LogP contribution >= 0.6 is 0 Å². The van der Waals surface area contributed by atoms with E-state index >= 15 is 0 Å². The Morgan fingerprint density at radius 1 is 1.72 bits per heavy atom. The van der Waals surface area contributed by atoms with Gasteiger partial charge < -0.3 is 10.5 Å². The van der Waals surface area contributed by atoms with Crippen LogP contribution in [-0.4, -0.2) is 41.6 Å². The molecule has 2 heterocycles. The van der Waals surface area contributed by atoms with Crippen LogP contribution in [0.1, 0.15) is 32.6 Å². The number of urea groups is 1. The third kappa shape index (κ3) is 1.97. The summed E-state index contributed by atoms with van der Waals surface area (Å²) >= 11 is 0. The molecule has 0 saturated carbocycles. The van der Waals surface area contributed by atoms with Crippen molar-refractivity contribution in [2.75, 3.05) is 13.2 Å². The van der Waals surface area contributed by atoms with Crippen LogP contribution in [0.2, 0.25) is 0 Å². The highest BCUT2D eigenvalue weighted by Crippen LogP contribution is 2.36. The van der Waals surface area contributed by atoms with Gasteiger partial charge in [0.15, 0.2) is 0 Å².